The summed E-state index contributed by atoms with van der Waals surface area (Å²) in [7, 11) is 2.07. The predicted octanol–water partition coefficient (Wildman–Crippen LogP) is 0.808. The van der Waals surface area contributed by atoms with Crippen molar-refractivity contribution in [1.82, 2.24) is 4.98 Å². The molecule has 0 saturated carbocycles. The molecule has 0 bridgehead atoms. The van der Waals surface area contributed by atoms with Crippen molar-refractivity contribution in [1.29, 1.82) is 0 Å². The number of ether oxygens (including phenoxy) is 1. The standard InChI is InChI=1S/C12H19N3O/c1-15(11-5-7-16-9-11)12-3-2-10(4-6-13)8-14-12/h2-3,8,11H,4-7,9,13H2,1H3. The van der Waals surface area contributed by atoms with Crippen LogP contribution in [0, 0.1) is 0 Å². The lowest BCUT2D eigenvalue weighted by molar-refractivity contribution is 0.193. The second-order valence-electron chi connectivity index (χ2n) is 4.19. The third-order valence-electron chi connectivity index (χ3n) is 3.06. The van der Waals surface area contributed by atoms with E-state index in [9.17, 15) is 0 Å². The minimum atomic E-state index is 0.466. The fourth-order valence-corrected chi connectivity index (χ4v) is 1.95. The van der Waals surface area contributed by atoms with E-state index in [0.29, 0.717) is 12.6 Å². The molecule has 0 amide bonds. The molecule has 1 saturated heterocycles. The van der Waals surface area contributed by atoms with E-state index in [0.717, 1.165) is 31.9 Å². The first-order valence-corrected chi connectivity index (χ1v) is 5.77. The lowest BCUT2D eigenvalue weighted by Gasteiger charge is -2.24. The van der Waals surface area contributed by atoms with Gasteiger partial charge >= 0.3 is 0 Å². The quantitative estimate of drug-likeness (QED) is 0.817. The van der Waals surface area contributed by atoms with Crippen LogP contribution >= 0.6 is 0 Å². The van der Waals surface area contributed by atoms with E-state index in [2.05, 4.69) is 29.1 Å². The number of pyridine rings is 1. The van der Waals surface area contributed by atoms with Crippen LogP contribution in [0.15, 0.2) is 18.3 Å². The molecule has 2 heterocycles. The molecule has 0 aromatic carbocycles. The summed E-state index contributed by atoms with van der Waals surface area (Å²) in [6, 6.07) is 4.62. The Balaban J connectivity index is 2.02. The van der Waals surface area contributed by atoms with Gasteiger partial charge in [0.2, 0.25) is 0 Å². The highest BCUT2D eigenvalue weighted by molar-refractivity contribution is 5.39. The molecule has 1 fully saturated rings. The smallest absolute Gasteiger partial charge is 0.128 e. The van der Waals surface area contributed by atoms with Crippen LogP contribution in [0.1, 0.15) is 12.0 Å². The van der Waals surface area contributed by atoms with Crippen LogP contribution in [0.25, 0.3) is 0 Å². The zero-order valence-electron chi connectivity index (χ0n) is 9.72. The summed E-state index contributed by atoms with van der Waals surface area (Å²) in [5.74, 6) is 1.01. The molecule has 1 unspecified atom stereocenters. The number of rotatable bonds is 4. The minimum Gasteiger partial charge on any atom is -0.379 e. The first-order chi connectivity index (χ1) is 7.81. The molecule has 1 aliphatic heterocycles. The maximum absolute atomic E-state index is 5.50. The van der Waals surface area contributed by atoms with Crippen molar-refractivity contribution in [3.8, 4) is 0 Å². The van der Waals surface area contributed by atoms with Crippen LogP contribution in [0.5, 0.6) is 0 Å². The van der Waals surface area contributed by atoms with Crippen LogP contribution in [0.3, 0.4) is 0 Å². The van der Waals surface area contributed by atoms with E-state index in [1.54, 1.807) is 0 Å². The highest BCUT2D eigenvalue weighted by atomic mass is 16.5. The Hall–Kier alpha value is -1.13. The Morgan fingerprint density at radius 3 is 3.00 bits per heavy atom. The molecule has 1 aliphatic rings. The summed E-state index contributed by atoms with van der Waals surface area (Å²) in [4.78, 5) is 6.65. The molecule has 88 valence electrons. The maximum Gasteiger partial charge on any atom is 0.128 e. The molecule has 0 spiro atoms. The van der Waals surface area contributed by atoms with Crippen molar-refractivity contribution in [2.24, 2.45) is 5.73 Å². The third kappa shape index (κ3) is 2.51. The van der Waals surface area contributed by atoms with Crippen molar-refractivity contribution < 1.29 is 4.74 Å². The number of nitrogens with two attached hydrogens (primary N) is 1. The lowest BCUT2D eigenvalue weighted by atomic mass is 10.2. The number of aromatic nitrogens is 1. The second-order valence-corrected chi connectivity index (χ2v) is 4.19. The fraction of sp³-hybridized carbons (Fsp3) is 0.583. The molecule has 0 radical (unpaired) electrons. The summed E-state index contributed by atoms with van der Waals surface area (Å²) in [6.45, 7) is 2.34. The second kappa shape index (κ2) is 5.27. The van der Waals surface area contributed by atoms with Gasteiger partial charge in [0, 0.05) is 19.9 Å². The third-order valence-corrected chi connectivity index (χ3v) is 3.06. The monoisotopic (exact) mass is 221 g/mol. The van der Waals surface area contributed by atoms with E-state index in [1.807, 2.05) is 6.20 Å². The first-order valence-electron chi connectivity index (χ1n) is 5.77. The highest BCUT2D eigenvalue weighted by Gasteiger charge is 2.20. The van der Waals surface area contributed by atoms with Gasteiger partial charge in [-0.25, -0.2) is 4.98 Å². The van der Waals surface area contributed by atoms with Crippen LogP contribution in [0.4, 0.5) is 5.82 Å². The molecular weight excluding hydrogens is 202 g/mol. The Bertz CT molecular complexity index is 320. The van der Waals surface area contributed by atoms with Crippen LogP contribution < -0.4 is 10.6 Å². The normalized spacial score (nSPS) is 20.0. The average Bonchev–Trinajstić information content (AvgIpc) is 2.83. The number of likely N-dealkylation sites (N-methyl/N-ethyl adjacent to an activating group) is 1. The molecule has 2 rings (SSSR count). The molecule has 1 aromatic heterocycles. The topological polar surface area (TPSA) is 51.4 Å². The van der Waals surface area contributed by atoms with Crippen molar-refractivity contribution in [2.45, 2.75) is 18.9 Å². The van der Waals surface area contributed by atoms with E-state index >= 15 is 0 Å². The molecule has 1 atom stereocenters. The van der Waals surface area contributed by atoms with Crippen molar-refractivity contribution in [3.63, 3.8) is 0 Å². The van der Waals surface area contributed by atoms with Crippen LogP contribution in [-0.4, -0.2) is 37.8 Å². The molecule has 0 aliphatic carbocycles. The van der Waals surface area contributed by atoms with Gasteiger partial charge < -0.3 is 15.4 Å². The number of nitrogens with zero attached hydrogens (tertiary/aromatic N) is 2. The lowest BCUT2D eigenvalue weighted by Crippen LogP contribution is -2.32. The van der Waals surface area contributed by atoms with Gasteiger partial charge in [-0.2, -0.15) is 0 Å². The summed E-state index contributed by atoms with van der Waals surface area (Å²) >= 11 is 0. The number of hydrogen-bond acceptors (Lipinski definition) is 4. The predicted molar refractivity (Wildman–Crippen MR) is 64.6 cm³/mol. The highest BCUT2D eigenvalue weighted by Crippen LogP contribution is 2.18. The summed E-state index contributed by atoms with van der Waals surface area (Å²) in [5.41, 5.74) is 6.70. The SMILES string of the molecule is CN(c1ccc(CCN)cn1)C1CCOC1. The Kier molecular flexibility index (Phi) is 3.74. The van der Waals surface area contributed by atoms with Gasteiger partial charge in [-0.15, -0.1) is 0 Å². The first kappa shape index (κ1) is 11.4. The van der Waals surface area contributed by atoms with Gasteiger partial charge in [-0.1, -0.05) is 6.07 Å². The Labute approximate surface area is 96.4 Å². The average molecular weight is 221 g/mol. The van der Waals surface area contributed by atoms with E-state index in [-0.39, 0.29) is 0 Å². The summed E-state index contributed by atoms with van der Waals surface area (Å²) in [6.07, 6.45) is 3.89. The zero-order valence-corrected chi connectivity index (χ0v) is 9.72. The molecule has 1 aromatic rings. The van der Waals surface area contributed by atoms with Gasteiger partial charge in [0.25, 0.3) is 0 Å². The van der Waals surface area contributed by atoms with Crippen LogP contribution in [0.2, 0.25) is 0 Å². The van der Waals surface area contributed by atoms with Gasteiger partial charge in [-0.3, -0.25) is 0 Å². The largest absolute Gasteiger partial charge is 0.379 e. The molecule has 4 nitrogen and oxygen atoms in total. The van der Waals surface area contributed by atoms with Crippen molar-refractivity contribution >= 4 is 5.82 Å². The number of hydrogen-bond donors (Lipinski definition) is 1. The van der Waals surface area contributed by atoms with Crippen molar-refractivity contribution in [3.05, 3.63) is 23.9 Å². The Morgan fingerprint density at radius 1 is 1.56 bits per heavy atom. The molecule has 16 heavy (non-hydrogen) atoms. The van der Waals surface area contributed by atoms with E-state index < -0.39 is 0 Å². The summed E-state index contributed by atoms with van der Waals surface area (Å²) in [5, 5.41) is 0. The summed E-state index contributed by atoms with van der Waals surface area (Å²) < 4.78 is 5.38. The van der Waals surface area contributed by atoms with E-state index in [1.165, 1.54) is 5.56 Å². The fourth-order valence-electron chi connectivity index (χ4n) is 1.95. The molecular formula is C12H19N3O. The minimum absolute atomic E-state index is 0.466. The van der Waals surface area contributed by atoms with Gasteiger partial charge in [0.05, 0.1) is 12.6 Å². The number of anilines is 1. The maximum atomic E-state index is 5.50. The van der Waals surface area contributed by atoms with Gasteiger partial charge in [0.1, 0.15) is 5.82 Å². The van der Waals surface area contributed by atoms with Gasteiger partial charge in [0.15, 0.2) is 0 Å². The van der Waals surface area contributed by atoms with Crippen LogP contribution in [-0.2, 0) is 11.2 Å². The van der Waals surface area contributed by atoms with Gasteiger partial charge in [-0.05, 0) is 31.0 Å². The zero-order chi connectivity index (χ0) is 11.4. The van der Waals surface area contributed by atoms with E-state index in [4.69, 9.17) is 10.5 Å². The molecule has 2 N–H and O–H groups in total. The van der Waals surface area contributed by atoms with Crippen molar-refractivity contribution in [2.75, 3.05) is 31.7 Å². The molecule has 4 heteroatoms. The Morgan fingerprint density at radius 2 is 2.44 bits per heavy atom.